The van der Waals surface area contributed by atoms with Gasteiger partial charge in [0.05, 0.1) is 19.3 Å². The van der Waals surface area contributed by atoms with E-state index in [1.165, 1.54) is 0 Å². The second kappa shape index (κ2) is 8.97. The third-order valence-corrected chi connectivity index (χ3v) is 6.02. The summed E-state index contributed by atoms with van der Waals surface area (Å²) in [5, 5.41) is 0. The second-order valence-corrected chi connectivity index (χ2v) is 7.78. The summed E-state index contributed by atoms with van der Waals surface area (Å²) in [6.45, 7) is 2.10. The number of hydrogen-bond donors (Lipinski definition) is 0. The number of nitrogens with zero attached hydrogens (tertiary/aromatic N) is 4. The van der Waals surface area contributed by atoms with E-state index in [4.69, 9.17) is 9.47 Å². The zero-order valence-electron chi connectivity index (χ0n) is 17.4. The minimum absolute atomic E-state index is 0.0140. The van der Waals surface area contributed by atoms with E-state index in [-0.39, 0.29) is 23.9 Å². The van der Waals surface area contributed by atoms with Crippen molar-refractivity contribution < 1.29 is 19.1 Å². The lowest BCUT2D eigenvalue weighted by Gasteiger charge is -2.52. The van der Waals surface area contributed by atoms with Crippen LogP contribution in [0.1, 0.15) is 34.9 Å². The van der Waals surface area contributed by atoms with Crippen LogP contribution in [0.2, 0.25) is 0 Å². The molecule has 2 aliphatic heterocycles. The Hall–Kier alpha value is -2.71. The van der Waals surface area contributed by atoms with Crippen LogP contribution in [0.3, 0.4) is 0 Å². The molecule has 2 aromatic rings. The molecular weight excluding hydrogens is 384 g/mol. The van der Waals surface area contributed by atoms with Crippen molar-refractivity contribution in [3.63, 3.8) is 0 Å². The number of amides is 2. The zero-order valence-corrected chi connectivity index (χ0v) is 17.4. The summed E-state index contributed by atoms with van der Waals surface area (Å²) in [5.74, 6) is 0.0578. The third kappa shape index (κ3) is 3.85. The first-order valence-corrected chi connectivity index (χ1v) is 10.3. The highest BCUT2D eigenvalue weighted by atomic mass is 16.5. The van der Waals surface area contributed by atoms with E-state index in [0.29, 0.717) is 32.0 Å². The highest BCUT2D eigenvalue weighted by Gasteiger charge is 2.52. The zero-order chi connectivity index (χ0) is 21.1. The van der Waals surface area contributed by atoms with Crippen LogP contribution in [0.5, 0.6) is 0 Å². The molecule has 2 aliphatic rings. The maximum Gasteiger partial charge on any atom is 0.270 e. The molecule has 8 heteroatoms. The van der Waals surface area contributed by atoms with Crippen LogP contribution in [0.4, 0.5) is 0 Å². The van der Waals surface area contributed by atoms with Crippen molar-refractivity contribution in [3.8, 4) is 0 Å². The van der Waals surface area contributed by atoms with Gasteiger partial charge in [0.1, 0.15) is 5.69 Å². The van der Waals surface area contributed by atoms with Gasteiger partial charge in [0, 0.05) is 51.9 Å². The highest BCUT2D eigenvalue weighted by molar-refractivity contribution is 5.93. The van der Waals surface area contributed by atoms with Gasteiger partial charge in [0.15, 0.2) is 6.10 Å². The monoisotopic (exact) mass is 412 g/mol. The number of likely N-dealkylation sites (tertiary alicyclic amines) is 2. The second-order valence-electron chi connectivity index (χ2n) is 7.78. The molecule has 0 saturated carbocycles. The van der Waals surface area contributed by atoms with Gasteiger partial charge in [-0.05, 0) is 42.7 Å². The van der Waals surface area contributed by atoms with Gasteiger partial charge < -0.3 is 23.8 Å². The molecule has 4 heterocycles. The molecule has 2 fully saturated rings. The minimum Gasteiger partial charge on any atom is -0.382 e. The standard InChI is InChI=1S/C22H28N4O4/c1-24-11-3-4-18(24)21(27)25-12-7-17(8-13-25)26-19(16-5-9-23-10-6-16)20(22(26)28)30-15-14-29-2/h3-6,9-11,17,19-20H,7-8,12-15H2,1-2H3/t19-,20+/m0/s1. The van der Waals surface area contributed by atoms with Crippen molar-refractivity contribution in [2.24, 2.45) is 7.05 Å². The van der Waals surface area contributed by atoms with Crippen LogP contribution < -0.4 is 0 Å². The predicted molar refractivity (Wildman–Crippen MR) is 110 cm³/mol. The number of rotatable bonds is 7. The third-order valence-electron chi connectivity index (χ3n) is 6.02. The fraction of sp³-hybridized carbons (Fsp3) is 0.500. The number of ether oxygens (including phenoxy) is 2. The Morgan fingerprint density at radius 1 is 1.17 bits per heavy atom. The first kappa shape index (κ1) is 20.6. The number of hydrogen-bond acceptors (Lipinski definition) is 5. The van der Waals surface area contributed by atoms with Crippen LogP contribution in [0.25, 0.3) is 0 Å². The van der Waals surface area contributed by atoms with Gasteiger partial charge in [-0.2, -0.15) is 0 Å². The molecule has 30 heavy (non-hydrogen) atoms. The van der Waals surface area contributed by atoms with E-state index in [2.05, 4.69) is 4.98 Å². The average Bonchev–Trinajstić information content (AvgIpc) is 3.21. The van der Waals surface area contributed by atoms with E-state index in [1.807, 2.05) is 51.9 Å². The number of methoxy groups -OCH3 is 1. The Bertz CT molecular complexity index is 876. The molecule has 0 aliphatic carbocycles. The van der Waals surface area contributed by atoms with Crippen LogP contribution in [-0.2, 0) is 21.3 Å². The van der Waals surface area contributed by atoms with Crippen LogP contribution in [-0.4, -0.2) is 76.7 Å². The lowest BCUT2D eigenvalue weighted by molar-refractivity contribution is -0.183. The van der Waals surface area contributed by atoms with Crippen molar-refractivity contribution in [2.45, 2.75) is 31.0 Å². The number of β-lactam (4-membered cyclic amide) rings is 1. The van der Waals surface area contributed by atoms with Gasteiger partial charge in [0.2, 0.25) is 0 Å². The van der Waals surface area contributed by atoms with Gasteiger partial charge >= 0.3 is 0 Å². The molecule has 0 aromatic carbocycles. The summed E-state index contributed by atoms with van der Waals surface area (Å²) in [7, 11) is 3.49. The maximum atomic E-state index is 12.9. The Morgan fingerprint density at radius 3 is 2.53 bits per heavy atom. The van der Waals surface area contributed by atoms with E-state index >= 15 is 0 Å². The number of pyridine rings is 1. The summed E-state index contributed by atoms with van der Waals surface area (Å²) in [6, 6.07) is 7.56. The fourth-order valence-corrected chi connectivity index (χ4v) is 4.40. The van der Waals surface area contributed by atoms with Crippen molar-refractivity contribution in [3.05, 3.63) is 54.1 Å². The Labute approximate surface area is 176 Å². The summed E-state index contributed by atoms with van der Waals surface area (Å²) >= 11 is 0. The number of aromatic nitrogens is 2. The number of aryl methyl sites for hydroxylation is 1. The summed E-state index contributed by atoms with van der Waals surface area (Å²) in [6.07, 6.45) is 6.38. The summed E-state index contributed by atoms with van der Waals surface area (Å²) < 4.78 is 12.7. The van der Waals surface area contributed by atoms with Crippen molar-refractivity contribution in [1.29, 1.82) is 0 Å². The Kier molecular flexibility index (Phi) is 6.15. The first-order valence-electron chi connectivity index (χ1n) is 10.3. The van der Waals surface area contributed by atoms with Gasteiger partial charge in [0.25, 0.3) is 11.8 Å². The predicted octanol–water partition coefficient (Wildman–Crippen LogP) is 1.64. The molecule has 160 valence electrons. The van der Waals surface area contributed by atoms with Crippen LogP contribution >= 0.6 is 0 Å². The quantitative estimate of drug-likeness (QED) is 0.510. The van der Waals surface area contributed by atoms with Crippen LogP contribution in [0, 0.1) is 0 Å². The fourth-order valence-electron chi connectivity index (χ4n) is 4.40. The summed E-state index contributed by atoms with van der Waals surface area (Å²) in [5.41, 5.74) is 1.71. The normalized spacial score (nSPS) is 22.3. The van der Waals surface area contributed by atoms with Gasteiger partial charge in [-0.25, -0.2) is 0 Å². The highest BCUT2D eigenvalue weighted by Crippen LogP contribution is 2.40. The molecule has 0 bridgehead atoms. The van der Waals surface area contributed by atoms with E-state index < -0.39 is 6.10 Å². The molecular formula is C22H28N4O4. The molecule has 0 N–H and O–H groups in total. The molecule has 2 aromatic heterocycles. The lowest BCUT2D eigenvalue weighted by atomic mass is 9.86. The topological polar surface area (TPSA) is 76.9 Å². The average molecular weight is 412 g/mol. The molecule has 0 unspecified atom stereocenters. The van der Waals surface area contributed by atoms with Gasteiger partial charge in [-0.15, -0.1) is 0 Å². The molecule has 8 nitrogen and oxygen atoms in total. The molecule has 0 radical (unpaired) electrons. The van der Waals surface area contributed by atoms with E-state index in [0.717, 1.165) is 18.4 Å². The molecule has 2 amide bonds. The smallest absolute Gasteiger partial charge is 0.270 e. The van der Waals surface area contributed by atoms with Crippen LogP contribution in [0.15, 0.2) is 42.9 Å². The molecule has 4 rings (SSSR count). The number of carbonyl (C=O) groups excluding carboxylic acids is 2. The molecule has 2 atom stereocenters. The van der Waals surface area contributed by atoms with Gasteiger partial charge in [-0.1, -0.05) is 0 Å². The van der Waals surface area contributed by atoms with E-state index in [9.17, 15) is 9.59 Å². The molecule has 2 saturated heterocycles. The van der Waals surface area contributed by atoms with Crippen molar-refractivity contribution in [1.82, 2.24) is 19.4 Å². The minimum atomic E-state index is -0.495. The first-order chi connectivity index (χ1) is 14.6. The Balaban J connectivity index is 1.43. The lowest BCUT2D eigenvalue weighted by Crippen LogP contribution is -2.65. The van der Waals surface area contributed by atoms with E-state index in [1.54, 1.807) is 19.5 Å². The van der Waals surface area contributed by atoms with Gasteiger partial charge in [-0.3, -0.25) is 14.6 Å². The summed E-state index contributed by atoms with van der Waals surface area (Å²) in [4.78, 5) is 33.6. The van der Waals surface area contributed by atoms with Crippen molar-refractivity contribution in [2.75, 3.05) is 33.4 Å². The largest absolute Gasteiger partial charge is 0.382 e. The number of carbonyl (C=O) groups is 2. The number of piperidine rings is 1. The maximum absolute atomic E-state index is 12.9. The Morgan fingerprint density at radius 2 is 1.90 bits per heavy atom. The SMILES string of the molecule is COCCO[C@H]1C(=O)N(C2CCN(C(=O)c3cccn3C)CC2)[C@H]1c1ccncc1. The molecule has 0 spiro atoms. The van der Waals surface area contributed by atoms with Crippen molar-refractivity contribution >= 4 is 11.8 Å².